The molecule has 0 amide bonds. The van der Waals surface area contributed by atoms with Crippen molar-refractivity contribution in [2.24, 2.45) is 0 Å². The summed E-state index contributed by atoms with van der Waals surface area (Å²) in [4.78, 5) is 3.89. The van der Waals surface area contributed by atoms with Gasteiger partial charge < -0.3 is 15.2 Å². The Kier molecular flexibility index (Phi) is 3.98. The SMILES string of the molecule is COCCOc1c(N)cncc1Br. The van der Waals surface area contributed by atoms with Crippen LogP contribution in [0, 0.1) is 0 Å². The number of rotatable bonds is 4. The molecule has 1 heterocycles. The molecule has 0 saturated heterocycles. The summed E-state index contributed by atoms with van der Waals surface area (Å²) >= 11 is 3.29. The molecular weight excluding hydrogens is 236 g/mol. The summed E-state index contributed by atoms with van der Waals surface area (Å²) in [6.07, 6.45) is 3.19. The number of hydrogen-bond donors (Lipinski definition) is 1. The lowest BCUT2D eigenvalue weighted by molar-refractivity contribution is 0.146. The maximum Gasteiger partial charge on any atom is 0.159 e. The number of ether oxygens (including phenoxy) is 2. The molecule has 0 aliphatic rings. The Hall–Kier alpha value is -0.810. The summed E-state index contributed by atoms with van der Waals surface area (Å²) in [7, 11) is 1.62. The summed E-state index contributed by atoms with van der Waals surface area (Å²) in [6, 6.07) is 0. The zero-order chi connectivity index (χ0) is 9.68. The quantitative estimate of drug-likeness (QED) is 0.818. The van der Waals surface area contributed by atoms with Crippen molar-refractivity contribution in [1.82, 2.24) is 4.98 Å². The normalized spacial score (nSPS) is 10.0. The van der Waals surface area contributed by atoms with Gasteiger partial charge in [0.25, 0.3) is 0 Å². The maximum absolute atomic E-state index is 5.65. The van der Waals surface area contributed by atoms with E-state index in [1.807, 2.05) is 0 Å². The average molecular weight is 247 g/mol. The summed E-state index contributed by atoms with van der Waals surface area (Å²) in [5.74, 6) is 0.618. The lowest BCUT2D eigenvalue weighted by Gasteiger charge is -2.09. The topological polar surface area (TPSA) is 57.4 Å². The summed E-state index contributed by atoms with van der Waals surface area (Å²) < 4.78 is 11.0. The van der Waals surface area contributed by atoms with Crippen LogP contribution in [0.15, 0.2) is 16.9 Å². The van der Waals surface area contributed by atoms with E-state index in [4.69, 9.17) is 15.2 Å². The third-order valence-electron chi connectivity index (χ3n) is 1.41. The van der Waals surface area contributed by atoms with Crippen LogP contribution in [0.25, 0.3) is 0 Å². The van der Waals surface area contributed by atoms with Crippen molar-refractivity contribution in [1.29, 1.82) is 0 Å². The van der Waals surface area contributed by atoms with Gasteiger partial charge in [0.15, 0.2) is 5.75 Å². The van der Waals surface area contributed by atoms with Gasteiger partial charge in [-0.3, -0.25) is 4.98 Å². The molecule has 0 atom stereocenters. The molecule has 0 bridgehead atoms. The van der Waals surface area contributed by atoms with E-state index in [-0.39, 0.29) is 0 Å². The Morgan fingerprint density at radius 2 is 2.23 bits per heavy atom. The van der Waals surface area contributed by atoms with E-state index < -0.39 is 0 Å². The predicted octanol–water partition coefficient (Wildman–Crippen LogP) is 1.45. The molecule has 1 aromatic heterocycles. The monoisotopic (exact) mass is 246 g/mol. The van der Waals surface area contributed by atoms with Gasteiger partial charge in [-0.25, -0.2) is 0 Å². The highest BCUT2D eigenvalue weighted by Crippen LogP contribution is 2.29. The summed E-state index contributed by atoms with van der Waals surface area (Å²) in [5.41, 5.74) is 6.16. The second-order valence-electron chi connectivity index (χ2n) is 2.38. The Balaban J connectivity index is 2.64. The van der Waals surface area contributed by atoms with Crippen molar-refractivity contribution >= 4 is 21.6 Å². The van der Waals surface area contributed by atoms with E-state index in [1.54, 1.807) is 19.5 Å². The molecule has 0 aromatic carbocycles. The molecule has 0 unspecified atom stereocenters. The first-order valence-corrected chi connectivity index (χ1v) is 4.55. The third-order valence-corrected chi connectivity index (χ3v) is 1.98. The number of hydrogen-bond acceptors (Lipinski definition) is 4. The fourth-order valence-corrected chi connectivity index (χ4v) is 1.28. The second kappa shape index (κ2) is 5.04. The molecule has 4 nitrogen and oxygen atoms in total. The second-order valence-corrected chi connectivity index (χ2v) is 3.24. The first-order chi connectivity index (χ1) is 6.25. The molecule has 1 aromatic rings. The van der Waals surface area contributed by atoms with Crippen molar-refractivity contribution in [2.75, 3.05) is 26.1 Å². The Morgan fingerprint density at radius 3 is 2.85 bits per heavy atom. The zero-order valence-electron chi connectivity index (χ0n) is 7.29. The highest BCUT2D eigenvalue weighted by molar-refractivity contribution is 9.10. The van der Waals surface area contributed by atoms with Gasteiger partial charge in [0, 0.05) is 13.3 Å². The number of aromatic nitrogens is 1. The Morgan fingerprint density at radius 1 is 1.46 bits per heavy atom. The molecule has 13 heavy (non-hydrogen) atoms. The lowest BCUT2D eigenvalue weighted by Crippen LogP contribution is -2.06. The van der Waals surface area contributed by atoms with Crippen LogP contribution in [0.2, 0.25) is 0 Å². The lowest BCUT2D eigenvalue weighted by atomic mass is 10.4. The smallest absolute Gasteiger partial charge is 0.159 e. The van der Waals surface area contributed by atoms with Crippen molar-refractivity contribution in [3.63, 3.8) is 0 Å². The van der Waals surface area contributed by atoms with Crippen LogP contribution < -0.4 is 10.5 Å². The van der Waals surface area contributed by atoms with Crippen molar-refractivity contribution < 1.29 is 9.47 Å². The molecule has 0 aliphatic carbocycles. The number of nitrogens with two attached hydrogens (primary N) is 1. The molecule has 0 fully saturated rings. The van der Waals surface area contributed by atoms with Crippen LogP contribution in [-0.4, -0.2) is 25.3 Å². The summed E-state index contributed by atoms with van der Waals surface area (Å²) in [5, 5.41) is 0. The minimum absolute atomic E-state index is 0.476. The summed E-state index contributed by atoms with van der Waals surface area (Å²) in [6.45, 7) is 1.01. The van der Waals surface area contributed by atoms with Gasteiger partial charge in [-0.2, -0.15) is 0 Å². The molecule has 5 heteroatoms. The molecule has 2 N–H and O–H groups in total. The van der Waals surface area contributed by atoms with Crippen LogP contribution in [0.4, 0.5) is 5.69 Å². The van der Waals surface area contributed by atoms with Gasteiger partial charge in [0.05, 0.1) is 23.0 Å². The third kappa shape index (κ3) is 2.86. The molecular formula is C8H11BrN2O2. The minimum atomic E-state index is 0.476. The van der Waals surface area contributed by atoms with E-state index in [1.165, 1.54) is 0 Å². The van der Waals surface area contributed by atoms with E-state index in [0.717, 1.165) is 4.47 Å². The van der Waals surface area contributed by atoms with Gasteiger partial charge in [-0.15, -0.1) is 0 Å². The van der Waals surface area contributed by atoms with Gasteiger partial charge in [0.2, 0.25) is 0 Å². The molecule has 1 rings (SSSR count). The minimum Gasteiger partial charge on any atom is -0.488 e. The van der Waals surface area contributed by atoms with E-state index in [9.17, 15) is 0 Å². The van der Waals surface area contributed by atoms with Crippen molar-refractivity contribution in [3.05, 3.63) is 16.9 Å². The number of nitrogens with zero attached hydrogens (tertiary/aromatic N) is 1. The number of halogens is 1. The van der Waals surface area contributed by atoms with Crippen LogP contribution in [0.3, 0.4) is 0 Å². The zero-order valence-corrected chi connectivity index (χ0v) is 8.87. The number of methoxy groups -OCH3 is 1. The molecule has 0 spiro atoms. The van der Waals surface area contributed by atoms with Crippen LogP contribution >= 0.6 is 15.9 Å². The number of anilines is 1. The van der Waals surface area contributed by atoms with Crippen molar-refractivity contribution in [2.45, 2.75) is 0 Å². The van der Waals surface area contributed by atoms with Crippen LogP contribution in [0.1, 0.15) is 0 Å². The number of pyridine rings is 1. The first kappa shape index (κ1) is 10.3. The van der Waals surface area contributed by atoms with E-state index in [0.29, 0.717) is 24.7 Å². The first-order valence-electron chi connectivity index (χ1n) is 3.76. The van der Waals surface area contributed by atoms with E-state index >= 15 is 0 Å². The fraction of sp³-hybridized carbons (Fsp3) is 0.375. The largest absolute Gasteiger partial charge is 0.488 e. The van der Waals surface area contributed by atoms with Crippen LogP contribution in [0.5, 0.6) is 5.75 Å². The molecule has 0 aliphatic heterocycles. The maximum atomic E-state index is 5.65. The average Bonchev–Trinajstić information content (AvgIpc) is 2.10. The van der Waals surface area contributed by atoms with Crippen molar-refractivity contribution in [3.8, 4) is 5.75 Å². The molecule has 72 valence electrons. The Labute approximate surface area is 85.2 Å². The van der Waals surface area contributed by atoms with Gasteiger partial charge >= 0.3 is 0 Å². The fourth-order valence-electron chi connectivity index (χ4n) is 0.817. The van der Waals surface area contributed by atoms with Crippen LogP contribution in [-0.2, 0) is 4.74 Å². The van der Waals surface area contributed by atoms with Gasteiger partial charge in [0.1, 0.15) is 6.61 Å². The van der Waals surface area contributed by atoms with Gasteiger partial charge in [-0.1, -0.05) is 0 Å². The standard InChI is InChI=1S/C8H11BrN2O2/c1-12-2-3-13-8-6(9)4-11-5-7(8)10/h4-5H,2-3,10H2,1H3. The van der Waals surface area contributed by atoms with Gasteiger partial charge in [-0.05, 0) is 15.9 Å². The highest BCUT2D eigenvalue weighted by atomic mass is 79.9. The highest BCUT2D eigenvalue weighted by Gasteiger charge is 2.04. The Bertz CT molecular complexity index is 261. The van der Waals surface area contributed by atoms with E-state index in [2.05, 4.69) is 20.9 Å². The molecule has 0 saturated carbocycles. The molecule has 0 radical (unpaired) electrons. The number of nitrogen functional groups attached to an aromatic ring is 1. The predicted molar refractivity (Wildman–Crippen MR) is 53.7 cm³/mol.